The van der Waals surface area contributed by atoms with Gasteiger partial charge in [-0.05, 0) is 64.2 Å². The molecule has 0 aliphatic carbocycles. The van der Waals surface area contributed by atoms with Crippen molar-refractivity contribution in [3.63, 3.8) is 0 Å². The molecule has 2 amide bonds. The topological polar surface area (TPSA) is 84.2 Å². The zero-order valence-electron chi connectivity index (χ0n) is 15.7. The molecule has 0 unspecified atom stereocenters. The molecule has 140 valence electrons. The second kappa shape index (κ2) is 7.85. The highest BCUT2D eigenvalue weighted by Crippen LogP contribution is 2.30. The number of pyridine rings is 1. The van der Waals surface area contributed by atoms with Crippen LogP contribution in [0.1, 0.15) is 63.4 Å². The van der Waals surface area contributed by atoms with Crippen LogP contribution in [-0.2, 0) is 12.8 Å². The molecule has 1 N–H and O–H groups in total. The molecule has 3 rings (SSSR count). The van der Waals surface area contributed by atoms with Gasteiger partial charge in [0.2, 0.25) is 5.89 Å². The maximum atomic E-state index is 12.6. The van der Waals surface area contributed by atoms with Crippen LogP contribution in [-0.4, -0.2) is 38.1 Å². The molecule has 1 saturated heterocycles. The molecule has 0 aromatic carbocycles. The van der Waals surface area contributed by atoms with Gasteiger partial charge in [0.1, 0.15) is 6.04 Å². The van der Waals surface area contributed by atoms with E-state index in [1.54, 1.807) is 12.4 Å². The van der Waals surface area contributed by atoms with Gasteiger partial charge in [0.25, 0.3) is 0 Å². The number of carbonyl (C=O) groups is 1. The maximum Gasteiger partial charge on any atom is 0.318 e. The van der Waals surface area contributed by atoms with Crippen molar-refractivity contribution < 1.29 is 9.32 Å². The average molecular weight is 357 g/mol. The van der Waals surface area contributed by atoms with Crippen molar-refractivity contribution in [1.82, 2.24) is 25.3 Å². The molecular weight excluding hydrogens is 330 g/mol. The number of amides is 2. The molecule has 7 nitrogen and oxygen atoms in total. The Morgan fingerprint density at radius 3 is 2.77 bits per heavy atom. The van der Waals surface area contributed by atoms with Crippen molar-refractivity contribution in [1.29, 1.82) is 0 Å². The number of carbonyl (C=O) groups excluding carboxylic acids is 1. The number of likely N-dealkylation sites (tertiary alicyclic amines) is 1. The number of aromatic nitrogens is 3. The molecular formula is C19H27N5O2. The van der Waals surface area contributed by atoms with Gasteiger partial charge in [-0.2, -0.15) is 4.98 Å². The Morgan fingerprint density at radius 2 is 2.04 bits per heavy atom. The van der Waals surface area contributed by atoms with Gasteiger partial charge in [-0.3, -0.25) is 4.98 Å². The van der Waals surface area contributed by atoms with Gasteiger partial charge in [0.05, 0.1) is 0 Å². The zero-order valence-corrected chi connectivity index (χ0v) is 15.7. The largest absolute Gasteiger partial charge is 0.337 e. The Hall–Kier alpha value is -2.44. The second-order valence-electron chi connectivity index (χ2n) is 7.79. The van der Waals surface area contributed by atoms with E-state index in [1.807, 2.05) is 37.8 Å². The van der Waals surface area contributed by atoms with E-state index in [0.29, 0.717) is 24.7 Å². The molecule has 7 heteroatoms. The van der Waals surface area contributed by atoms with Crippen LogP contribution in [0.3, 0.4) is 0 Å². The van der Waals surface area contributed by atoms with E-state index in [2.05, 4.69) is 20.4 Å². The number of hydrogen-bond acceptors (Lipinski definition) is 5. The number of hydrogen-bond donors (Lipinski definition) is 1. The summed E-state index contributed by atoms with van der Waals surface area (Å²) in [5.41, 5.74) is 0.916. The van der Waals surface area contributed by atoms with Crippen molar-refractivity contribution in [2.24, 2.45) is 0 Å². The molecule has 0 saturated carbocycles. The van der Waals surface area contributed by atoms with Gasteiger partial charge >= 0.3 is 6.03 Å². The van der Waals surface area contributed by atoms with Crippen molar-refractivity contribution in [3.8, 4) is 0 Å². The number of piperidine rings is 1. The lowest BCUT2D eigenvalue weighted by Crippen LogP contribution is -2.50. The molecule has 26 heavy (non-hydrogen) atoms. The smallest absolute Gasteiger partial charge is 0.318 e. The van der Waals surface area contributed by atoms with Gasteiger partial charge in [0, 0.05) is 30.9 Å². The first-order chi connectivity index (χ1) is 12.4. The van der Waals surface area contributed by atoms with E-state index < -0.39 is 0 Å². The average Bonchev–Trinajstić information content (AvgIpc) is 3.08. The standard InChI is InChI=1S/C19H27N5O2/c1-19(2,3)22-18(25)24-13-5-4-6-15(24)17-21-16(23-26-17)8-7-14-9-11-20-12-10-14/h9-12,15H,4-8,13H2,1-3H3,(H,22,25)/t15-/m0/s1. The lowest BCUT2D eigenvalue weighted by molar-refractivity contribution is 0.126. The van der Waals surface area contributed by atoms with E-state index >= 15 is 0 Å². The van der Waals surface area contributed by atoms with Crippen LogP contribution in [0.4, 0.5) is 4.79 Å². The quantitative estimate of drug-likeness (QED) is 0.908. The van der Waals surface area contributed by atoms with Gasteiger partial charge in [-0.1, -0.05) is 5.16 Å². The van der Waals surface area contributed by atoms with Gasteiger partial charge in [-0.15, -0.1) is 0 Å². The van der Waals surface area contributed by atoms with Gasteiger partial charge in [-0.25, -0.2) is 4.79 Å². The summed E-state index contributed by atoms with van der Waals surface area (Å²) in [4.78, 5) is 23.0. The van der Waals surface area contributed by atoms with Crippen LogP contribution in [0.5, 0.6) is 0 Å². The van der Waals surface area contributed by atoms with Crippen LogP contribution >= 0.6 is 0 Å². The van der Waals surface area contributed by atoms with E-state index in [4.69, 9.17) is 4.52 Å². The predicted octanol–water partition coefficient (Wildman–Crippen LogP) is 3.28. The van der Waals surface area contributed by atoms with E-state index in [9.17, 15) is 4.79 Å². The normalized spacial score (nSPS) is 18.0. The highest BCUT2D eigenvalue weighted by atomic mass is 16.5. The zero-order chi connectivity index (χ0) is 18.6. The fraction of sp³-hybridized carbons (Fsp3) is 0.579. The third-order valence-corrected chi connectivity index (χ3v) is 4.40. The highest BCUT2D eigenvalue weighted by Gasteiger charge is 2.33. The SMILES string of the molecule is CC(C)(C)NC(=O)N1CCCC[C@H]1c1nc(CCc2ccncc2)no1. The summed E-state index contributed by atoms with van der Waals surface area (Å²) in [6.07, 6.45) is 8.00. The molecule has 2 aromatic heterocycles. The summed E-state index contributed by atoms with van der Waals surface area (Å²) < 4.78 is 5.51. The molecule has 1 aliphatic heterocycles. The highest BCUT2D eigenvalue weighted by molar-refractivity contribution is 5.75. The van der Waals surface area contributed by atoms with Crippen LogP contribution in [0.2, 0.25) is 0 Å². The van der Waals surface area contributed by atoms with Crippen molar-refractivity contribution in [3.05, 3.63) is 41.8 Å². The van der Waals surface area contributed by atoms with E-state index in [0.717, 1.165) is 25.7 Å². The Kier molecular flexibility index (Phi) is 5.54. The van der Waals surface area contributed by atoms with Crippen LogP contribution in [0.25, 0.3) is 0 Å². The third-order valence-electron chi connectivity index (χ3n) is 4.40. The molecule has 1 aliphatic rings. The van der Waals surface area contributed by atoms with Crippen molar-refractivity contribution in [2.75, 3.05) is 6.54 Å². The summed E-state index contributed by atoms with van der Waals surface area (Å²) in [5, 5.41) is 7.15. The van der Waals surface area contributed by atoms with Crippen molar-refractivity contribution >= 4 is 6.03 Å². The summed E-state index contributed by atoms with van der Waals surface area (Å²) in [6, 6.07) is 3.76. The summed E-state index contributed by atoms with van der Waals surface area (Å²) in [6.45, 7) is 6.65. The number of nitrogens with zero attached hydrogens (tertiary/aromatic N) is 4. The molecule has 1 atom stereocenters. The lowest BCUT2D eigenvalue weighted by atomic mass is 10.0. The Labute approximate surface area is 154 Å². The summed E-state index contributed by atoms with van der Waals surface area (Å²) in [5.74, 6) is 1.22. The number of nitrogens with one attached hydrogen (secondary N) is 1. The maximum absolute atomic E-state index is 12.6. The Bertz CT molecular complexity index is 723. The first-order valence-electron chi connectivity index (χ1n) is 9.22. The number of aryl methyl sites for hydroxylation is 2. The van der Waals surface area contributed by atoms with Gasteiger partial charge < -0.3 is 14.7 Å². The molecule has 1 fully saturated rings. The van der Waals surface area contributed by atoms with E-state index in [1.165, 1.54) is 5.56 Å². The van der Waals surface area contributed by atoms with Crippen LogP contribution in [0, 0.1) is 0 Å². The van der Waals surface area contributed by atoms with Crippen LogP contribution < -0.4 is 5.32 Å². The first-order valence-corrected chi connectivity index (χ1v) is 9.22. The van der Waals surface area contributed by atoms with Crippen LogP contribution in [0.15, 0.2) is 29.0 Å². The lowest BCUT2D eigenvalue weighted by Gasteiger charge is -2.35. The minimum atomic E-state index is -0.274. The second-order valence-corrected chi connectivity index (χ2v) is 7.79. The number of rotatable bonds is 4. The monoisotopic (exact) mass is 357 g/mol. The Balaban J connectivity index is 1.66. The van der Waals surface area contributed by atoms with Crippen molar-refractivity contribution in [2.45, 2.75) is 64.5 Å². The molecule has 3 heterocycles. The number of urea groups is 1. The summed E-state index contributed by atoms with van der Waals surface area (Å²) in [7, 11) is 0. The van der Waals surface area contributed by atoms with E-state index in [-0.39, 0.29) is 17.6 Å². The molecule has 0 bridgehead atoms. The molecule has 2 aromatic rings. The fourth-order valence-corrected chi connectivity index (χ4v) is 3.13. The Morgan fingerprint density at radius 1 is 1.27 bits per heavy atom. The minimum absolute atomic E-state index is 0.0706. The van der Waals surface area contributed by atoms with Gasteiger partial charge in [0.15, 0.2) is 5.82 Å². The summed E-state index contributed by atoms with van der Waals surface area (Å²) >= 11 is 0. The first kappa shape index (κ1) is 18.4. The minimum Gasteiger partial charge on any atom is -0.337 e. The molecule has 0 spiro atoms. The predicted molar refractivity (Wildman–Crippen MR) is 97.5 cm³/mol. The molecule has 0 radical (unpaired) electrons. The fourth-order valence-electron chi connectivity index (χ4n) is 3.13. The third kappa shape index (κ3) is 4.80.